The van der Waals surface area contributed by atoms with Gasteiger partial charge in [-0.25, -0.2) is 9.10 Å². The Hall–Kier alpha value is -2.53. The number of anilines is 2. The SMILES string of the molecule is O=C(O)c1ccc(C(F)(F)F)cc1Nc1c(SN2CCOCC2)cnc2ccc(Cl)cc12. The molecule has 4 rings (SSSR count). The summed E-state index contributed by atoms with van der Waals surface area (Å²) < 4.78 is 47.3. The third-order valence-corrected chi connectivity index (χ3v) is 6.19. The maximum absolute atomic E-state index is 13.3. The predicted octanol–water partition coefficient (Wildman–Crippen LogP) is 5.69. The Balaban J connectivity index is 1.84. The molecule has 1 aliphatic heterocycles. The molecule has 11 heteroatoms. The fourth-order valence-electron chi connectivity index (χ4n) is 3.27. The molecule has 32 heavy (non-hydrogen) atoms. The number of hydrogen-bond donors (Lipinski definition) is 2. The first-order valence-corrected chi connectivity index (χ1v) is 10.7. The number of aromatic carboxylic acids is 1. The number of aromatic nitrogens is 1. The van der Waals surface area contributed by atoms with Crippen LogP contribution in [0, 0.1) is 0 Å². The summed E-state index contributed by atoms with van der Waals surface area (Å²) in [5.74, 6) is -1.35. The molecule has 0 radical (unpaired) electrons. The second-order valence-electron chi connectivity index (χ2n) is 6.98. The van der Waals surface area contributed by atoms with Crippen LogP contribution in [0.1, 0.15) is 15.9 Å². The molecule has 2 heterocycles. The highest BCUT2D eigenvalue weighted by molar-refractivity contribution is 7.97. The van der Waals surface area contributed by atoms with E-state index < -0.39 is 17.7 Å². The number of pyridine rings is 1. The monoisotopic (exact) mass is 483 g/mol. The molecule has 1 fully saturated rings. The molecule has 1 aliphatic rings. The van der Waals surface area contributed by atoms with E-state index >= 15 is 0 Å². The van der Waals surface area contributed by atoms with Gasteiger partial charge in [0.1, 0.15) is 0 Å². The number of carboxylic acid groups (broad SMARTS) is 1. The summed E-state index contributed by atoms with van der Waals surface area (Å²) in [6, 6.07) is 7.48. The normalized spacial score (nSPS) is 15.1. The van der Waals surface area contributed by atoms with Gasteiger partial charge >= 0.3 is 12.1 Å². The van der Waals surface area contributed by atoms with Gasteiger partial charge in [-0.1, -0.05) is 11.6 Å². The summed E-state index contributed by atoms with van der Waals surface area (Å²) in [5, 5.41) is 13.5. The Kier molecular flexibility index (Phi) is 6.47. The van der Waals surface area contributed by atoms with E-state index in [9.17, 15) is 23.1 Å². The highest BCUT2D eigenvalue weighted by Crippen LogP contribution is 2.40. The van der Waals surface area contributed by atoms with E-state index in [0.29, 0.717) is 52.8 Å². The maximum Gasteiger partial charge on any atom is 0.416 e. The van der Waals surface area contributed by atoms with Crippen LogP contribution >= 0.6 is 23.5 Å². The van der Waals surface area contributed by atoms with Crippen molar-refractivity contribution in [3.05, 3.63) is 58.7 Å². The standard InChI is InChI=1S/C21H17ClF3N3O3S/c22-13-2-4-16-15(10-13)19(18(11-26-16)32-28-5-7-31-8-6-28)27-17-9-12(21(23,24)25)1-3-14(17)20(29)30/h1-4,9-11H,5-8H2,(H,26,27)(H,29,30). The third-order valence-electron chi connectivity index (χ3n) is 4.83. The zero-order valence-corrected chi connectivity index (χ0v) is 18.0. The van der Waals surface area contributed by atoms with Crippen LogP contribution in [-0.2, 0) is 10.9 Å². The van der Waals surface area contributed by atoms with Crippen molar-refractivity contribution in [3.8, 4) is 0 Å². The molecule has 0 bridgehead atoms. The van der Waals surface area contributed by atoms with Gasteiger partial charge in [0.2, 0.25) is 0 Å². The number of ether oxygens (including phenoxy) is 1. The molecule has 0 spiro atoms. The van der Waals surface area contributed by atoms with Crippen LogP contribution in [0.5, 0.6) is 0 Å². The Morgan fingerprint density at radius 1 is 1.19 bits per heavy atom. The van der Waals surface area contributed by atoms with Crippen LogP contribution in [-0.4, -0.2) is 46.7 Å². The van der Waals surface area contributed by atoms with Crippen molar-refractivity contribution in [2.24, 2.45) is 0 Å². The van der Waals surface area contributed by atoms with Gasteiger partial charge < -0.3 is 15.2 Å². The van der Waals surface area contributed by atoms with Gasteiger partial charge in [-0.3, -0.25) is 4.98 Å². The van der Waals surface area contributed by atoms with Gasteiger partial charge in [0.05, 0.1) is 46.1 Å². The molecule has 1 saturated heterocycles. The molecule has 2 N–H and O–H groups in total. The molecule has 0 atom stereocenters. The molecular weight excluding hydrogens is 467 g/mol. The number of rotatable bonds is 5. The summed E-state index contributed by atoms with van der Waals surface area (Å²) >= 11 is 7.54. The lowest BCUT2D eigenvalue weighted by Crippen LogP contribution is -2.31. The Morgan fingerprint density at radius 2 is 1.94 bits per heavy atom. The van der Waals surface area contributed by atoms with E-state index in [2.05, 4.69) is 10.3 Å². The topological polar surface area (TPSA) is 74.7 Å². The Morgan fingerprint density at radius 3 is 2.62 bits per heavy atom. The van der Waals surface area contributed by atoms with Crippen molar-refractivity contribution in [1.82, 2.24) is 9.29 Å². The van der Waals surface area contributed by atoms with Crippen LogP contribution in [0.2, 0.25) is 5.02 Å². The first kappa shape index (κ1) is 22.7. The second kappa shape index (κ2) is 9.14. The second-order valence-corrected chi connectivity index (χ2v) is 8.56. The fourth-order valence-corrected chi connectivity index (χ4v) is 4.40. The van der Waals surface area contributed by atoms with Gasteiger partial charge in [0.15, 0.2) is 0 Å². The fraction of sp³-hybridized carbons (Fsp3) is 0.238. The highest BCUT2D eigenvalue weighted by atomic mass is 35.5. The lowest BCUT2D eigenvalue weighted by Gasteiger charge is -2.26. The minimum absolute atomic E-state index is 0.177. The van der Waals surface area contributed by atoms with Crippen molar-refractivity contribution in [3.63, 3.8) is 0 Å². The summed E-state index contributed by atoms with van der Waals surface area (Å²) in [6.45, 7) is 2.42. The lowest BCUT2D eigenvalue weighted by atomic mass is 10.1. The molecule has 0 aliphatic carbocycles. The number of carbonyl (C=O) groups is 1. The van der Waals surface area contributed by atoms with E-state index in [1.165, 1.54) is 11.9 Å². The number of morpholine rings is 1. The molecule has 6 nitrogen and oxygen atoms in total. The Labute approximate surface area is 190 Å². The van der Waals surface area contributed by atoms with Crippen LogP contribution < -0.4 is 5.32 Å². The van der Waals surface area contributed by atoms with Gasteiger partial charge in [0, 0.05) is 29.7 Å². The zero-order valence-electron chi connectivity index (χ0n) is 16.4. The van der Waals surface area contributed by atoms with Crippen LogP contribution in [0.4, 0.5) is 24.5 Å². The highest BCUT2D eigenvalue weighted by Gasteiger charge is 2.32. The average molecular weight is 484 g/mol. The van der Waals surface area contributed by atoms with Crippen molar-refractivity contribution < 1.29 is 27.8 Å². The third kappa shape index (κ3) is 4.93. The summed E-state index contributed by atoms with van der Waals surface area (Å²) in [6.07, 6.45) is -3.02. The number of carboxylic acids is 1. The van der Waals surface area contributed by atoms with Gasteiger partial charge in [-0.05, 0) is 48.3 Å². The maximum atomic E-state index is 13.3. The molecule has 2 aromatic carbocycles. The summed E-state index contributed by atoms with van der Waals surface area (Å²) in [4.78, 5) is 16.8. The van der Waals surface area contributed by atoms with Gasteiger partial charge in [-0.2, -0.15) is 13.2 Å². The minimum atomic E-state index is -4.62. The van der Waals surface area contributed by atoms with Crippen LogP contribution in [0.15, 0.2) is 47.5 Å². The molecule has 0 unspecified atom stereocenters. The van der Waals surface area contributed by atoms with Crippen molar-refractivity contribution in [2.45, 2.75) is 11.1 Å². The van der Waals surface area contributed by atoms with Crippen molar-refractivity contribution in [1.29, 1.82) is 0 Å². The van der Waals surface area contributed by atoms with Crippen LogP contribution in [0.3, 0.4) is 0 Å². The van der Waals surface area contributed by atoms with Crippen molar-refractivity contribution in [2.75, 3.05) is 31.6 Å². The van der Waals surface area contributed by atoms with Gasteiger partial charge in [-0.15, -0.1) is 0 Å². The number of alkyl halides is 3. The number of nitrogens with zero attached hydrogens (tertiary/aromatic N) is 2. The lowest BCUT2D eigenvalue weighted by molar-refractivity contribution is -0.137. The number of fused-ring (bicyclic) bond motifs is 1. The number of halogens is 4. The zero-order chi connectivity index (χ0) is 22.9. The average Bonchev–Trinajstić information content (AvgIpc) is 2.75. The minimum Gasteiger partial charge on any atom is -0.478 e. The summed E-state index contributed by atoms with van der Waals surface area (Å²) in [5.41, 5.74) is -0.428. The smallest absolute Gasteiger partial charge is 0.416 e. The largest absolute Gasteiger partial charge is 0.478 e. The van der Waals surface area contributed by atoms with Gasteiger partial charge in [0.25, 0.3) is 0 Å². The number of hydrogen-bond acceptors (Lipinski definition) is 6. The van der Waals surface area contributed by atoms with E-state index in [1.807, 2.05) is 4.31 Å². The molecule has 1 aromatic heterocycles. The Bertz CT molecular complexity index is 1170. The molecule has 3 aromatic rings. The molecule has 0 saturated carbocycles. The summed E-state index contributed by atoms with van der Waals surface area (Å²) in [7, 11) is 0. The van der Waals surface area contributed by atoms with E-state index in [1.54, 1.807) is 24.4 Å². The molecule has 168 valence electrons. The van der Waals surface area contributed by atoms with Crippen LogP contribution in [0.25, 0.3) is 10.9 Å². The number of benzene rings is 2. The van der Waals surface area contributed by atoms with Crippen molar-refractivity contribution >= 4 is 51.8 Å². The number of nitrogens with one attached hydrogen (secondary N) is 1. The first-order chi connectivity index (χ1) is 15.2. The predicted molar refractivity (Wildman–Crippen MR) is 117 cm³/mol. The van der Waals surface area contributed by atoms with E-state index in [-0.39, 0.29) is 11.3 Å². The first-order valence-electron chi connectivity index (χ1n) is 9.53. The van der Waals surface area contributed by atoms with E-state index in [0.717, 1.165) is 18.2 Å². The van der Waals surface area contributed by atoms with E-state index in [4.69, 9.17) is 16.3 Å². The quantitative estimate of drug-likeness (QED) is 0.452. The molecule has 0 amide bonds. The molecular formula is C21H17ClF3N3O3S.